The van der Waals surface area contributed by atoms with Gasteiger partial charge in [-0.1, -0.05) is 17.3 Å². The van der Waals surface area contributed by atoms with Crippen LogP contribution in [0.5, 0.6) is 11.5 Å². The lowest BCUT2D eigenvalue weighted by atomic mass is 10.1. The molecule has 1 aromatic carbocycles. The fourth-order valence-electron chi connectivity index (χ4n) is 4.52. The first kappa shape index (κ1) is 20.0. The summed E-state index contributed by atoms with van der Waals surface area (Å²) in [6.45, 7) is 3.78. The average molecular weight is 448 g/mol. The van der Waals surface area contributed by atoms with Gasteiger partial charge in [-0.25, -0.2) is 4.98 Å². The highest BCUT2D eigenvalue weighted by Crippen LogP contribution is 2.40. The number of carbonyl (C=O) groups excluding carboxylic acids is 2. The second kappa shape index (κ2) is 7.75. The zero-order valence-electron chi connectivity index (χ0n) is 18.3. The number of aryl methyl sites for hydroxylation is 1. The Bertz CT molecular complexity index is 1240. The fraction of sp³-hybridized carbons (Fsp3) is 0.417. The van der Waals surface area contributed by atoms with Crippen LogP contribution in [-0.4, -0.2) is 70.6 Å². The number of hydrogen-bond acceptors (Lipinski definition) is 7. The van der Waals surface area contributed by atoms with E-state index < -0.39 is 6.10 Å². The van der Waals surface area contributed by atoms with Crippen molar-refractivity contribution in [2.24, 2.45) is 0 Å². The number of fused-ring (bicyclic) bond motifs is 2. The molecular weight excluding hydrogens is 424 g/mol. The Morgan fingerprint density at radius 1 is 1.03 bits per heavy atom. The highest BCUT2D eigenvalue weighted by molar-refractivity contribution is 6.06. The van der Waals surface area contributed by atoms with Gasteiger partial charge in [0.05, 0.1) is 16.6 Å². The van der Waals surface area contributed by atoms with Crippen LogP contribution in [0.2, 0.25) is 0 Å². The summed E-state index contributed by atoms with van der Waals surface area (Å²) in [5.41, 5.74) is 2.56. The monoisotopic (exact) mass is 448 g/mol. The third-order valence-electron chi connectivity index (χ3n) is 6.53. The van der Waals surface area contributed by atoms with Crippen molar-refractivity contribution in [1.29, 1.82) is 0 Å². The van der Waals surface area contributed by atoms with E-state index in [-0.39, 0.29) is 18.4 Å². The summed E-state index contributed by atoms with van der Waals surface area (Å²) >= 11 is 0. The summed E-state index contributed by atoms with van der Waals surface area (Å²) in [6.07, 6.45) is 1.48. The first-order valence-corrected chi connectivity index (χ1v) is 11.3. The van der Waals surface area contributed by atoms with Gasteiger partial charge in [0.15, 0.2) is 11.5 Å². The van der Waals surface area contributed by atoms with Gasteiger partial charge in [0.2, 0.25) is 6.10 Å². The zero-order valence-corrected chi connectivity index (χ0v) is 18.3. The van der Waals surface area contributed by atoms with Gasteiger partial charge >= 0.3 is 0 Å². The topological polar surface area (TPSA) is 98.0 Å². The number of ether oxygens (including phenoxy) is 2. The number of rotatable bonds is 3. The molecule has 3 aromatic rings. The van der Waals surface area contributed by atoms with E-state index in [1.165, 1.54) is 0 Å². The molecule has 0 spiro atoms. The molecule has 2 aromatic heterocycles. The largest absolute Gasteiger partial charge is 0.485 e. The second-order valence-electron chi connectivity index (χ2n) is 8.80. The first-order valence-electron chi connectivity index (χ1n) is 11.3. The minimum Gasteiger partial charge on any atom is -0.485 e. The van der Waals surface area contributed by atoms with E-state index in [4.69, 9.17) is 14.0 Å². The van der Waals surface area contributed by atoms with E-state index in [0.29, 0.717) is 66.0 Å². The maximum absolute atomic E-state index is 13.5. The van der Waals surface area contributed by atoms with Crippen molar-refractivity contribution in [3.63, 3.8) is 0 Å². The predicted octanol–water partition coefficient (Wildman–Crippen LogP) is 2.53. The minimum atomic E-state index is -0.678. The molecule has 0 N–H and O–H groups in total. The molecule has 1 unspecified atom stereocenters. The SMILES string of the molecule is Cc1noc2nc(C3CC3)cc(C(=O)N3CCN(C(=O)C4COc5ccccc5O4)CC3)c12. The maximum Gasteiger partial charge on any atom is 0.267 e. The van der Waals surface area contributed by atoms with Crippen LogP contribution in [0.4, 0.5) is 0 Å². The summed E-state index contributed by atoms with van der Waals surface area (Å²) in [5.74, 6) is 1.43. The van der Waals surface area contributed by atoms with Crippen LogP contribution in [0.25, 0.3) is 11.1 Å². The molecule has 0 radical (unpaired) electrons. The van der Waals surface area contributed by atoms with E-state index in [9.17, 15) is 9.59 Å². The Hall–Kier alpha value is -3.62. The van der Waals surface area contributed by atoms with Gasteiger partial charge in [-0.15, -0.1) is 0 Å². The molecule has 33 heavy (non-hydrogen) atoms. The Kier molecular flexibility index (Phi) is 4.70. The normalized spacial score (nSPS) is 20.2. The highest BCUT2D eigenvalue weighted by Gasteiger charge is 2.35. The van der Waals surface area contributed by atoms with Crippen molar-refractivity contribution in [3.05, 3.63) is 47.3 Å². The number of carbonyl (C=O) groups is 2. The van der Waals surface area contributed by atoms with Gasteiger partial charge in [-0.05, 0) is 38.0 Å². The molecule has 1 saturated carbocycles. The smallest absolute Gasteiger partial charge is 0.267 e. The molecule has 2 aliphatic heterocycles. The molecule has 9 heteroatoms. The van der Waals surface area contributed by atoms with Crippen LogP contribution in [-0.2, 0) is 4.79 Å². The molecule has 2 fully saturated rings. The molecule has 170 valence electrons. The van der Waals surface area contributed by atoms with Crippen LogP contribution in [0, 0.1) is 6.92 Å². The summed E-state index contributed by atoms with van der Waals surface area (Å²) < 4.78 is 16.9. The summed E-state index contributed by atoms with van der Waals surface area (Å²) in [6, 6.07) is 9.23. The van der Waals surface area contributed by atoms with Crippen molar-refractivity contribution < 1.29 is 23.6 Å². The summed E-state index contributed by atoms with van der Waals surface area (Å²) in [4.78, 5) is 34.6. The molecule has 0 bridgehead atoms. The van der Waals surface area contributed by atoms with Gasteiger partial charge in [-0.2, -0.15) is 0 Å². The number of amides is 2. The molecule has 1 saturated heterocycles. The zero-order chi connectivity index (χ0) is 22.5. The minimum absolute atomic E-state index is 0.0751. The number of aromatic nitrogens is 2. The summed E-state index contributed by atoms with van der Waals surface area (Å²) in [5, 5.41) is 4.70. The van der Waals surface area contributed by atoms with Crippen molar-refractivity contribution in [3.8, 4) is 11.5 Å². The van der Waals surface area contributed by atoms with Crippen molar-refractivity contribution in [1.82, 2.24) is 19.9 Å². The Labute approximate surface area is 190 Å². The lowest BCUT2D eigenvalue weighted by Gasteiger charge is -2.37. The molecule has 1 aliphatic carbocycles. The quantitative estimate of drug-likeness (QED) is 0.607. The van der Waals surface area contributed by atoms with Crippen LogP contribution in [0.15, 0.2) is 34.9 Å². The molecule has 1 atom stereocenters. The fourth-order valence-corrected chi connectivity index (χ4v) is 4.52. The van der Waals surface area contributed by atoms with Crippen LogP contribution < -0.4 is 9.47 Å². The molecule has 6 rings (SSSR count). The molecule has 9 nitrogen and oxygen atoms in total. The predicted molar refractivity (Wildman–Crippen MR) is 117 cm³/mol. The number of pyridine rings is 1. The first-order chi connectivity index (χ1) is 16.1. The standard InChI is InChI=1S/C24H24N4O5/c1-14-21-16(12-17(15-6-7-15)25-22(21)33-26-14)23(29)27-8-10-28(11-9-27)24(30)20-13-31-18-4-2-3-5-19(18)32-20/h2-5,12,15,20H,6-11,13H2,1H3. The van der Waals surface area contributed by atoms with E-state index >= 15 is 0 Å². The lowest BCUT2D eigenvalue weighted by Crippen LogP contribution is -2.55. The second-order valence-corrected chi connectivity index (χ2v) is 8.80. The van der Waals surface area contributed by atoms with Crippen LogP contribution in [0.3, 0.4) is 0 Å². The number of nitrogens with zero attached hydrogens (tertiary/aromatic N) is 4. The Morgan fingerprint density at radius 2 is 1.76 bits per heavy atom. The van der Waals surface area contributed by atoms with Crippen LogP contribution in [0.1, 0.15) is 40.5 Å². The van der Waals surface area contributed by atoms with E-state index in [0.717, 1.165) is 18.5 Å². The number of hydrogen-bond donors (Lipinski definition) is 0. The molecular formula is C24H24N4O5. The van der Waals surface area contributed by atoms with Crippen molar-refractivity contribution in [2.45, 2.75) is 31.8 Å². The van der Waals surface area contributed by atoms with Crippen molar-refractivity contribution in [2.75, 3.05) is 32.8 Å². The maximum atomic E-state index is 13.5. The average Bonchev–Trinajstić information content (AvgIpc) is 3.65. The Balaban J connectivity index is 1.15. The molecule has 4 heterocycles. The van der Waals surface area contributed by atoms with Gasteiger partial charge in [0.1, 0.15) is 6.61 Å². The highest BCUT2D eigenvalue weighted by atomic mass is 16.6. The molecule has 3 aliphatic rings. The number of benzene rings is 1. The van der Waals surface area contributed by atoms with Gasteiger partial charge in [0.25, 0.3) is 17.5 Å². The third kappa shape index (κ3) is 3.57. The van der Waals surface area contributed by atoms with Gasteiger partial charge in [-0.3, -0.25) is 9.59 Å². The Morgan fingerprint density at radius 3 is 2.52 bits per heavy atom. The lowest BCUT2D eigenvalue weighted by molar-refractivity contribution is -0.142. The van der Waals surface area contributed by atoms with Gasteiger partial charge < -0.3 is 23.8 Å². The van der Waals surface area contributed by atoms with Gasteiger partial charge in [0, 0.05) is 37.8 Å². The third-order valence-corrected chi connectivity index (χ3v) is 6.53. The molecule has 2 amide bonds. The number of piperazine rings is 1. The van der Waals surface area contributed by atoms with E-state index in [2.05, 4.69) is 10.1 Å². The van der Waals surface area contributed by atoms with E-state index in [1.54, 1.807) is 15.9 Å². The number of para-hydroxylation sites is 2. The van der Waals surface area contributed by atoms with Crippen molar-refractivity contribution >= 4 is 22.9 Å². The van der Waals surface area contributed by atoms with E-state index in [1.807, 2.05) is 31.2 Å². The summed E-state index contributed by atoms with van der Waals surface area (Å²) in [7, 11) is 0. The van der Waals surface area contributed by atoms with Crippen LogP contribution >= 0.6 is 0 Å².